The van der Waals surface area contributed by atoms with Crippen LogP contribution in [0.2, 0.25) is 0 Å². The second-order valence-corrected chi connectivity index (χ2v) is 5.77. The summed E-state index contributed by atoms with van der Waals surface area (Å²) in [6, 6.07) is 4.72. The van der Waals surface area contributed by atoms with E-state index in [1.54, 1.807) is 11.3 Å². The van der Waals surface area contributed by atoms with Crippen LogP contribution in [0, 0.1) is 6.92 Å². The molecule has 0 bridgehead atoms. The van der Waals surface area contributed by atoms with Crippen LogP contribution in [-0.4, -0.2) is 9.78 Å². The van der Waals surface area contributed by atoms with Crippen LogP contribution >= 0.6 is 11.3 Å². The van der Waals surface area contributed by atoms with Gasteiger partial charge in [-0.2, -0.15) is 5.10 Å². The average molecular weight is 263 g/mol. The maximum Gasteiger partial charge on any atom is 0.0643 e. The van der Waals surface area contributed by atoms with E-state index < -0.39 is 0 Å². The van der Waals surface area contributed by atoms with Crippen LogP contribution in [0.4, 0.5) is 0 Å². The highest BCUT2D eigenvalue weighted by molar-refractivity contribution is 7.10. The zero-order chi connectivity index (χ0) is 13.1. The zero-order valence-corrected chi connectivity index (χ0v) is 12.1. The van der Waals surface area contributed by atoms with Crippen molar-refractivity contribution in [1.29, 1.82) is 0 Å². The van der Waals surface area contributed by atoms with Crippen LogP contribution in [0.5, 0.6) is 0 Å². The molecule has 0 aromatic carbocycles. The van der Waals surface area contributed by atoms with Crippen LogP contribution in [0.1, 0.15) is 48.5 Å². The van der Waals surface area contributed by atoms with Gasteiger partial charge < -0.3 is 5.73 Å². The molecule has 4 heteroatoms. The van der Waals surface area contributed by atoms with Crippen LogP contribution in [0.15, 0.2) is 23.7 Å². The maximum absolute atomic E-state index is 6.25. The smallest absolute Gasteiger partial charge is 0.0643 e. The van der Waals surface area contributed by atoms with E-state index in [1.165, 1.54) is 10.4 Å². The maximum atomic E-state index is 6.25. The normalized spacial score (nSPS) is 14.7. The molecule has 0 aliphatic carbocycles. The summed E-state index contributed by atoms with van der Waals surface area (Å²) in [6.45, 7) is 6.47. The molecule has 0 aliphatic rings. The van der Waals surface area contributed by atoms with Gasteiger partial charge in [0, 0.05) is 29.6 Å². The molecule has 0 spiro atoms. The van der Waals surface area contributed by atoms with Gasteiger partial charge in [0.2, 0.25) is 0 Å². The van der Waals surface area contributed by atoms with E-state index in [0.29, 0.717) is 6.04 Å². The molecular formula is C14H21N3S. The van der Waals surface area contributed by atoms with E-state index >= 15 is 0 Å². The van der Waals surface area contributed by atoms with Crippen molar-refractivity contribution in [1.82, 2.24) is 9.78 Å². The van der Waals surface area contributed by atoms with Gasteiger partial charge in [-0.15, -0.1) is 11.3 Å². The standard InChI is InChI=1S/C14H21N3S/c1-4-11(3)17-7-5-12(16-17)9-13(15)14-10(2)6-8-18-14/h5-8,11,13H,4,9,15H2,1-3H3. The molecule has 0 saturated carbocycles. The molecule has 0 amide bonds. The second kappa shape index (κ2) is 5.67. The average Bonchev–Trinajstić information content (AvgIpc) is 2.97. The second-order valence-electron chi connectivity index (χ2n) is 4.82. The van der Waals surface area contributed by atoms with E-state index in [9.17, 15) is 0 Å². The van der Waals surface area contributed by atoms with E-state index in [1.807, 2.05) is 4.68 Å². The predicted molar refractivity (Wildman–Crippen MR) is 76.9 cm³/mol. The highest BCUT2D eigenvalue weighted by Crippen LogP contribution is 2.24. The van der Waals surface area contributed by atoms with E-state index in [4.69, 9.17) is 5.73 Å². The van der Waals surface area contributed by atoms with Gasteiger partial charge in [0.15, 0.2) is 0 Å². The quantitative estimate of drug-likeness (QED) is 0.897. The number of aryl methyl sites for hydroxylation is 1. The Hall–Kier alpha value is -1.13. The third-order valence-corrected chi connectivity index (χ3v) is 4.52. The molecule has 2 aromatic rings. The molecule has 2 heterocycles. The highest BCUT2D eigenvalue weighted by atomic mass is 32.1. The van der Waals surface area contributed by atoms with Gasteiger partial charge >= 0.3 is 0 Å². The fourth-order valence-electron chi connectivity index (χ4n) is 2.00. The molecule has 0 aliphatic heterocycles. The molecule has 98 valence electrons. The van der Waals surface area contributed by atoms with Crippen LogP contribution < -0.4 is 5.73 Å². The lowest BCUT2D eigenvalue weighted by molar-refractivity contribution is 0.472. The topological polar surface area (TPSA) is 43.8 Å². The van der Waals surface area contributed by atoms with Crippen molar-refractivity contribution in [3.05, 3.63) is 39.8 Å². The van der Waals surface area contributed by atoms with Crippen LogP contribution in [0.3, 0.4) is 0 Å². The van der Waals surface area contributed by atoms with Crippen molar-refractivity contribution in [2.24, 2.45) is 5.73 Å². The number of rotatable bonds is 5. The lowest BCUT2D eigenvalue weighted by Crippen LogP contribution is -2.14. The summed E-state index contributed by atoms with van der Waals surface area (Å²) in [5, 5.41) is 6.70. The van der Waals surface area contributed by atoms with Crippen molar-refractivity contribution < 1.29 is 0 Å². The van der Waals surface area contributed by atoms with E-state index in [0.717, 1.165) is 18.5 Å². The number of thiophene rings is 1. The Labute approximate surface area is 113 Å². The minimum atomic E-state index is 0.0604. The molecule has 0 fully saturated rings. The van der Waals surface area contributed by atoms with Gasteiger partial charge in [0.25, 0.3) is 0 Å². The summed E-state index contributed by atoms with van der Waals surface area (Å²) in [7, 11) is 0. The number of nitrogens with zero attached hydrogens (tertiary/aromatic N) is 2. The summed E-state index contributed by atoms with van der Waals surface area (Å²) in [5.74, 6) is 0. The van der Waals surface area contributed by atoms with Gasteiger partial charge in [0.1, 0.15) is 0 Å². The summed E-state index contributed by atoms with van der Waals surface area (Å²) >= 11 is 1.73. The van der Waals surface area contributed by atoms with Crippen molar-refractivity contribution in [2.45, 2.75) is 45.7 Å². The third-order valence-electron chi connectivity index (χ3n) is 3.37. The number of aromatic nitrogens is 2. The number of hydrogen-bond donors (Lipinski definition) is 1. The van der Waals surface area contributed by atoms with Crippen LogP contribution in [-0.2, 0) is 6.42 Å². The Balaban J connectivity index is 2.06. The number of nitrogens with two attached hydrogens (primary N) is 1. The summed E-state index contributed by atoms with van der Waals surface area (Å²) in [5.41, 5.74) is 8.62. The van der Waals surface area contributed by atoms with Gasteiger partial charge in [-0.1, -0.05) is 6.92 Å². The molecule has 2 N–H and O–H groups in total. The molecule has 0 saturated heterocycles. The molecule has 2 atom stereocenters. The SMILES string of the molecule is CCC(C)n1ccc(CC(N)c2sccc2C)n1. The summed E-state index contributed by atoms with van der Waals surface area (Å²) < 4.78 is 2.03. The molecule has 18 heavy (non-hydrogen) atoms. The Morgan fingerprint density at radius 1 is 1.44 bits per heavy atom. The monoisotopic (exact) mass is 263 g/mol. The third kappa shape index (κ3) is 2.82. The molecule has 0 radical (unpaired) electrons. The minimum Gasteiger partial charge on any atom is -0.323 e. The van der Waals surface area contributed by atoms with Crippen molar-refractivity contribution in [3.8, 4) is 0 Å². The predicted octanol–water partition coefficient (Wildman–Crippen LogP) is 3.47. The Morgan fingerprint density at radius 3 is 2.83 bits per heavy atom. The van der Waals surface area contributed by atoms with Crippen molar-refractivity contribution in [3.63, 3.8) is 0 Å². The van der Waals surface area contributed by atoms with Crippen molar-refractivity contribution in [2.75, 3.05) is 0 Å². The van der Waals surface area contributed by atoms with Gasteiger partial charge in [-0.25, -0.2) is 0 Å². The van der Waals surface area contributed by atoms with Crippen molar-refractivity contribution >= 4 is 11.3 Å². The fraction of sp³-hybridized carbons (Fsp3) is 0.500. The zero-order valence-electron chi connectivity index (χ0n) is 11.3. The number of hydrogen-bond acceptors (Lipinski definition) is 3. The minimum absolute atomic E-state index is 0.0604. The summed E-state index contributed by atoms with van der Waals surface area (Å²) in [4.78, 5) is 1.27. The van der Waals surface area contributed by atoms with E-state index in [-0.39, 0.29) is 6.04 Å². The highest BCUT2D eigenvalue weighted by Gasteiger charge is 2.13. The first kappa shape index (κ1) is 13.3. The molecule has 2 aromatic heterocycles. The van der Waals surface area contributed by atoms with Gasteiger partial charge in [0.05, 0.1) is 5.69 Å². The lowest BCUT2D eigenvalue weighted by Gasteiger charge is -2.10. The van der Waals surface area contributed by atoms with Crippen LogP contribution in [0.25, 0.3) is 0 Å². The summed E-state index contributed by atoms with van der Waals surface area (Å²) in [6.07, 6.45) is 3.96. The molecule has 2 rings (SSSR count). The molecule has 2 unspecified atom stereocenters. The first-order valence-corrected chi connectivity index (χ1v) is 7.33. The first-order chi connectivity index (χ1) is 8.61. The molecule has 3 nitrogen and oxygen atoms in total. The lowest BCUT2D eigenvalue weighted by atomic mass is 10.1. The Bertz CT molecular complexity index is 501. The van der Waals surface area contributed by atoms with E-state index in [2.05, 4.69) is 49.6 Å². The van der Waals surface area contributed by atoms with Gasteiger partial charge in [-0.05, 0) is 43.3 Å². The first-order valence-electron chi connectivity index (χ1n) is 6.45. The largest absolute Gasteiger partial charge is 0.323 e. The Morgan fingerprint density at radius 2 is 2.22 bits per heavy atom. The Kier molecular flexibility index (Phi) is 4.19. The van der Waals surface area contributed by atoms with Gasteiger partial charge in [-0.3, -0.25) is 4.68 Å². The fourth-order valence-corrected chi connectivity index (χ4v) is 2.93. The molecular weight excluding hydrogens is 242 g/mol.